The number of benzene rings is 1. The van der Waals surface area contributed by atoms with E-state index in [-0.39, 0.29) is 0 Å². The van der Waals surface area contributed by atoms with Gasteiger partial charge in [-0.2, -0.15) is 0 Å². The number of halogens is 1. The van der Waals surface area contributed by atoms with Gasteiger partial charge in [0.2, 0.25) is 0 Å². The van der Waals surface area contributed by atoms with Crippen LogP contribution in [0.15, 0.2) is 28.7 Å². The first-order chi connectivity index (χ1) is 6.82. The van der Waals surface area contributed by atoms with Gasteiger partial charge in [0.1, 0.15) is 8.24 Å². The molecule has 3 heteroatoms. The van der Waals surface area contributed by atoms with E-state index in [1.54, 1.807) is 0 Å². The molecule has 0 bridgehead atoms. The fourth-order valence-corrected chi connectivity index (χ4v) is 4.80. The van der Waals surface area contributed by atoms with E-state index in [1.165, 1.54) is 5.69 Å². The monoisotopic (exact) mass is 285 g/mol. The van der Waals surface area contributed by atoms with Gasteiger partial charge in [-0.15, -0.1) is 0 Å². The summed E-state index contributed by atoms with van der Waals surface area (Å²) in [6, 6.07) is 9.19. The summed E-state index contributed by atoms with van der Waals surface area (Å²) in [7, 11) is -1.29. The van der Waals surface area contributed by atoms with E-state index in [2.05, 4.69) is 78.2 Å². The summed E-state index contributed by atoms with van der Waals surface area (Å²) in [6.45, 7) is 11.7. The molecule has 0 N–H and O–H groups in total. The molecule has 84 valence electrons. The van der Waals surface area contributed by atoms with Gasteiger partial charge in [-0.3, -0.25) is 0 Å². The van der Waals surface area contributed by atoms with Crippen LogP contribution >= 0.6 is 15.9 Å². The molecule has 1 rings (SSSR count). The van der Waals surface area contributed by atoms with E-state index in [0.29, 0.717) is 6.04 Å². The Labute approximate surface area is 103 Å². The van der Waals surface area contributed by atoms with Crippen LogP contribution in [0.1, 0.15) is 13.8 Å². The highest BCUT2D eigenvalue weighted by Crippen LogP contribution is 2.25. The second-order valence-electron chi connectivity index (χ2n) is 5.11. The lowest BCUT2D eigenvalue weighted by Gasteiger charge is -2.40. The fourth-order valence-electron chi connectivity index (χ4n) is 2.06. The molecule has 0 amide bonds. The van der Waals surface area contributed by atoms with Crippen LogP contribution < -0.4 is 4.57 Å². The van der Waals surface area contributed by atoms with E-state index in [1.807, 2.05) is 0 Å². The number of hydrogen-bond donors (Lipinski definition) is 0. The molecule has 1 aromatic carbocycles. The van der Waals surface area contributed by atoms with Gasteiger partial charge in [0, 0.05) is 16.2 Å². The van der Waals surface area contributed by atoms with Gasteiger partial charge >= 0.3 is 0 Å². The Morgan fingerprint density at radius 2 is 1.53 bits per heavy atom. The zero-order chi connectivity index (χ0) is 11.6. The molecule has 0 spiro atoms. The van der Waals surface area contributed by atoms with Crippen molar-refractivity contribution in [3.63, 3.8) is 0 Å². The summed E-state index contributed by atoms with van der Waals surface area (Å²) in [5.41, 5.74) is 1.34. The van der Waals surface area contributed by atoms with Crippen molar-refractivity contribution in [2.45, 2.75) is 39.5 Å². The maximum absolute atomic E-state index is 3.47. The van der Waals surface area contributed by atoms with Crippen LogP contribution in [0.5, 0.6) is 0 Å². The van der Waals surface area contributed by atoms with E-state index in [4.69, 9.17) is 0 Å². The smallest absolute Gasteiger partial charge is 0.147 e. The Kier molecular flexibility index (Phi) is 4.01. The maximum Gasteiger partial charge on any atom is 0.147 e. The number of rotatable bonds is 3. The maximum atomic E-state index is 3.47. The van der Waals surface area contributed by atoms with Crippen molar-refractivity contribution in [1.29, 1.82) is 0 Å². The van der Waals surface area contributed by atoms with Crippen molar-refractivity contribution in [2.75, 3.05) is 4.57 Å². The second-order valence-corrected chi connectivity index (χ2v) is 10.9. The molecule has 0 fully saturated rings. The minimum Gasteiger partial charge on any atom is -0.396 e. The summed E-state index contributed by atoms with van der Waals surface area (Å²) in [6.07, 6.45) is 0. The highest BCUT2D eigenvalue weighted by Gasteiger charge is 2.26. The molecular formula is C12H20BrNSi. The molecular weight excluding hydrogens is 266 g/mol. The fraction of sp³-hybridized carbons (Fsp3) is 0.500. The first-order valence-corrected chi connectivity index (χ1v) is 9.61. The van der Waals surface area contributed by atoms with Gasteiger partial charge in [0.25, 0.3) is 0 Å². The highest BCUT2D eigenvalue weighted by atomic mass is 79.9. The standard InChI is InChI=1S/C12H20BrNSi/c1-10(2)14(15(3,4)5)12-8-6-11(13)7-9-12/h6-10H,1-5H3. The predicted octanol–water partition coefficient (Wildman–Crippen LogP) is 4.50. The van der Waals surface area contributed by atoms with Crippen LogP contribution in [-0.2, 0) is 0 Å². The lowest BCUT2D eigenvalue weighted by Crippen LogP contribution is -2.50. The van der Waals surface area contributed by atoms with Crippen LogP contribution in [0, 0.1) is 0 Å². The molecule has 0 radical (unpaired) electrons. The Bertz CT molecular complexity index is 313. The molecule has 0 aliphatic heterocycles. The molecule has 15 heavy (non-hydrogen) atoms. The molecule has 0 atom stereocenters. The summed E-state index contributed by atoms with van der Waals surface area (Å²) < 4.78 is 3.71. The first-order valence-electron chi connectivity index (χ1n) is 5.37. The quantitative estimate of drug-likeness (QED) is 0.739. The molecule has 0 saturated carbocycles. The van der Waals surface area contributed by atoms with Gasteiger partial charge in [-0.05, 0) is 38.1 Å². The van der Waals surface area contributed by atoms with E-state index in [0.717, 1.165) is 4.47 Å². The lowest BCUT2D eigenvalue weighted by molar-refractivity contribution is 0.807. The predicted molar refractivity (Wildman–Crippen MR) is 75.1 cm³/mol. The Morgan fingerprint density at radius 1 is 1.07 bits per heavy atom. The Morgan fingerprint density at radius 3 is 1.87 bits per heavy atom. The van der Waals surface area contributed by atoms with E-state index < -0.39 is 8.24 Å². The van der Waals surface area contributed by atoms with Crippen LogP contribution in [-0.4, -0.2) is 14.3 Å². The molecule has 0 unspecified atom stereocenters. The summed E-state index contributed by atoms with van der Waals surface area (Å²) >= 11 is 3.47. The van der Waals surface area contributed by atoms with Crippen LogP contribution in [0.3, 0.4) is 0 Å². The molecule has 1 aromatic rings. The largest absolute Gasteiger partial charge is 0.396 e. The Hall–Kier alpha value is -0.283. The molecule has 0 heterocycles. The average molecular weight is 286 g/mol. The third kappa shape index (κ3) is 3.35. The third-order valence-electron chi connectivity index (χ3n) is 2.34. The van der Waals surface area contributed by atoms with Crippen molar-refractivity contribution >= 4 is 29.9 Å². The van der Waals surface area contributed by atoms with Crippen molar-refractivity contribution in [3.8, 4) is 0 Å². The van der Waals surface area contributed by atoms with E-state index >= 15 is 0 Å². The van der Waals surface area contributed by atoms with Gasteiger partial charge in [0.05, 0.1) is 0 Å². The van der Waals surface area contributed by atoms with E-state index in [9.17, 15) is 0 Å². The van der Waals surface area contributed by atoms with Crippen molar-refractivity contribution in [2.24, 2.45) is 0 Å². The van der Waals surface area contributed by atoms with Crippen molar-refractivity contribution in [3.05, 3.63) is 28.7 Å². The summed E-state index contributed by atoms with van der Waals surface area (Å²) in [4.78, 5) is 0. The van der Waals surface area contributed by atoms with Crippen molar-refractivity contribution in [1.82, 2.24) is 0 Å². The highest BCUT2D eigenvalue weighted by molar-refractivity contribution is 9.10. The van der Waals surface area contributed by atoms with Crippen molar-refractivity contribution < 1.29 is 0 Å². The first kappa shape index (κ1) is 12.8. The SMILES string of the molecule is CC(C)N(c1ccc(Br)cc1)[Si](C)(C)C. The van der Waals surface area contributed by atoms with Crippen LogP contribution in [0.2, 0.25) is 19.6 Å². The zero-order valence-corrected chi connectivity index (χ0v) is 12.8. The third-order valence-corrected chi connectivity index (χ3v) is 5.09. The normalized spacial score (nSPS) is 11.9. The minimum atomic E-state index is -1.29. The van der Waals surface area contributed by atoms with Gasteiger partial charge in [0.15, 0.2) is 0 Å². The number of nitrogens with zero attached hydrogens (tertiary/aromatic N) is 1. The zero-order valence-electron chi connectivity index (χ0n) is 10.2. The molecule has 0 aromatic heterocycles. The Balaban J connectivity index is 3.05. The molecule has 0 saturated heterocycles. The van der Waals surface area contributed by atoms with Gasteiger partial charge < -0.3 is 4.57 Å². The average Bonchev–Trinajstić information content (AvgIpc) is 2.05. The number of anilines is 1. The summed E-state index contributed by atoms with van der Waals surface area (Å²) in [5, 5.41) is 0. The number of hydrogen-bond acceptors (Lipinski definition) is 1. The topological polar surface area (TPSA) is 3.24 Å². The van der Waals surface area contributed by atoms with Crippen LogP contribution in [0.4, 0.5) is 5.69 Å². The second kappa shape index (κ2) is 4.70. The lowest BCUT2D eigenvalue weighted by atomic mass is 10.3. The molecule has 0 aliphatic carbocycles. The summed E-state index contributed by atoms with van der Waals surface area (Å²) in [5.74, 6) is 0. The van der Waals surface area contributed by atoms with Gasteiger partial charge in [-0.1, -0.05) is 35.6 Å². The van der Waals surface area contributed by atoms with Gasteiger partial charge in [-0.25, -0.2) is 0 Å². The molecule has 1 nitrogen and oxygen atoms in total. The minimum absolute atomic E-state index is 0.567. The molecule has 0 aliphatic rings. The van der Waals surface area contributed by atoms with Crippen LogP contribution in [0.25, 0.3) is 0 Å².